The SMILES string of the molecule is Cc1cc(C)cc(N2CC(CCN)OC2=O)c1. The van der Waals surface area contributed by atoms with Crippen LogP contribution < -0.4 is 10.6 Å². The fourth-order valence-corrected chi connectivity index (χ4v) is 2.18. The third-order valence-corrected chi connectivity index (χ3v) is 2.88. The van der Waals surface area contributed by atoms with Crippen LogP contribution in [0.3, 0.4) is 0 Å². The van der Waals surface area contributed by atoms with Gasteiger partial charge in [0.2, 0.25) is 0 Å². The molecular weight excluding hydrogens is 216 g/mol. The maximum Gasteiger partial charge on any atom is 0.414 e. The van der Waals surface area contributed by atoms with Crippen molar-refractivity contribution in [2.45, 2.75) is 26.4 Å². The Bertz CT molecular complexity index is 411. The van der Waals surface area contributed by atoms with Gasteiger partial charge in [-0.2, -0.15) is 0 Å². The number of aryl methyl sites for hydroxylation is 2. The lowest BCUT2D eigenvalue weighted by Gasteiger charge is -2.14. The number of nitrogens with zero attached hydrogens (tertiary/aromatic N) is 1. The molecule has 1 aliphatic rings. The number of rotatable bonds is 3. The molecule has 92 valence electrons. The molecular formula is C13H18N2O2. The van der Waals surface area contributed by atoms with E-state index in [0.29, 0.717) is 19.5 Å². The summed E-state index contributed by atoms with van der Waals surface area (Å²) < 4.78 is 5.26. The molecule has 1 saturated heterocycles. The second-order valence-electron chi connectivity index (χ2n) is 4.54. The molecule has 1 fully saturated rings. The predicted molar refractivity (Wildman–Crippen MR) is 67.2 cm³/mol. The molecule has 1 amide bonds. The van der Waals surface area contributed by atoms with Gasteiger partial charge in [0, 0.05) is 5.69 Å². The van der Waals surface area contributed by atoms with Gasteiger partial charge in [-0.05, 0) is 50.1 Å². The Hall–Kier alpha value is -1.55. The lowest BCUT2D eigenvalue weighted by molar-refractivity contribution is 0.138. The summed E-state index contributed by atoms with van der Waals surface area (Å²) in [5.41, 5.74) is 8.68. The topological polar surface area (TPSA) is 55.6 Å². The third kappa shape index (κ3) is 2.58. The summed E-state index contributed by atoms with van der Waals surface area (Å²) in [5, 5.41) is 0. The Morgan fingerprint density at radius 1 is 1.35 bits per heavy atom. The fraction of sp³-hybridized carbons (Fsp3) is 0.462. The molecule has 0 radical (unpaired) electrons. The van der Waals surface area contributed by atoms with Gasteiger partial charge in [0.05, 0.1) is 6.54 Å². The van der Waals surface area contributed by atoms with Crippen molar-refractivity contribution in [3.63, 3.8) is 0 Å². The van der Waals surface area contributed by atoms with Gasteiger partial charge in [0.15, 0.2) is 0 Å². The maximum atomic E-state index is 11.7. The van der Waals surface area contributed by atoms with E-state index >= 15 is 0 Å². The summed E-state index contributed by atoms with van der Waals surface area (Å²) in [6.45, 7) is 5.18. The molecule has 0 bridgehead atoms. The number of nitrogens with two attached hydrogens (primary N) is 1. The van der Waals surface area contributed by atoms with Crippen LogP contribution in [0.25, 0.3) is 0 Å². The highest BCUT2D eigenvalue weighted by molar-refractivity contribution is 5.89. The second-order valence-corrected chi connectivity index (χ2v) is 4.54. The van der Waals surface area contributed by atoms with Gasteiger partial charge in [-0.25, -0.2) is 4.79 Å². The maximum absolute atomic E-state index is 11.7. The summed E-state index contributed by atoms with van der Waals surface area (Å²) in [4.78, 5) is 13.4. The first-order valence-corrected chi connectivity index (χ1v) is 5.86. The van der Waals surface area contributed by atoms with E-state index in [4.69, 9.17) is 10.5 Å². The summed E-state index contributed by atoms with van der Waals surface area (Å²) in [6.07, 6.45) is 0.370. The molecule has 4 nitrogen and oxygen atoms in total. The molecule has 2 rings (SSSR count). The number of ether oxygens (including phenoxy) is 1. The minimum Gasteiger partial charge on any atom is -0.444 e. The van der Waals surface area contributed by atoms with E-state index in [-0.39, 0.29) is 12.2 Å². The lowest BCUT2D eigenvalue weighted by atomic mass is 10.1. The first kappa shape index (κ1) is 11.9. The van der Waals surface area contributed by atoms with Crippen LogP contribution in [-0.2, 0) is 4.74 Å². The Balaban J connectivity index is 2.19. The van der Waals surface area contributed by atoms with Gasteiger partial charge < -0.3 is 10.5 Å². The van der Waals surface area contributed by atoms with Crippen LogP contribution in [0.1, 0.15) is 17.5 Å². The van der Waals surface area contributed by atoms with E-state index in [9.17, 15) is 4.79 Å². The molecule has 1 aromatic rings. The summed E-state index contributed by atoms with van der Waals surface area (Å²) in [7, 11) is 0. The van der Waals surface area contributed by atoms with Gasteiger partial charge in [-0.15, -0.1) is 0 Å². The number of anilines is 1. The molecule has 2 N–H and O–H groups in total. The summed E-state index contributed by atoms with van der Waals surface area (Å²) >= 11 is 0. The minimum absolute atomic E-state index is 0.0756. The van der Waals surface area contributed by atoms with Crippen LogP contribution in [0.5, 0.6) is 0 Å². The predicted octanol–water partition coefficient (Wildman–Crippen LogP) is 1.98. The number of cyclic esters (lactones) is 1. The quantitative estimate of drug-likeness (QED) is 0.870. The van der Waals surface area contributed by atoms with Gasteiger partial charge in [-0.3, -0.25) is 4.90 Å². The Morgan fingerprint density at radius 2 is 2.00 bits per heavy atom. The first-order chi connectivity index (χ1) is 8.10. The van der Waals surface area contributed by atoms with Crippen molar-refractivity contribution < 1.29 is 9.53 Å². The smallest absolute Gasteiger partial charge is 0.414 e. The third-order valence-electron chi connectivity index (χ3n) is 2.88. The van der Waals surface area contributed by atoms with Crippen LogP contribution in [0.4, 0.5) is 10.5 Å². The van der Waals surface area contributed by atoms with Crippen molar-refractivity contribution in [1.29, 1.82) is 0 Å². The van der Waals surface area contributed by atoms with Crippen molar-refractivity contribution in [2.24, 2.45) is 5.73 Å². The fourth-order valence-electron chi connectivity index (χ4n) is 2.18. The van der Waals surface area contributed by atoms with Gasteiger partial charge in [0.1, 0.15) is 6.10 Å². The Labute approximate surface area is 101 Å². The Morgan fingerprint density at radius 3 is 2.59 bits per heavy atom. The van der Waals surface area contributed by atoms with E-state index in [0.717, 1.165) is 16.8 Å². The van der Waals surface area contributed by atoms with Crippen molar-refractivity contribution in [3.05, 3.63) is 29.3 Å². The van der Waals surface area contributed by atoms with Crippen molar-refractivity contribution in [1.82, 2.24) is 0 Å². The highest BCUT2D eigenvalue weighted by Crippen LogP contribution is 2.24. The largest absolute Gasteiger partial charge is 0.444 e. The number of hydrogen-bond donors (Lipinski definition) is 1. The number of carbonyl (C=O) groups is 1. The average Bonchev–Trinajstić information content (AvgIpc) is 2.58. The zero-order chi connectivity index (χ0) is 12.4. The monoisotopic (exact) mass is 234 g/mol. The molecule has 1 atom stereocenters. The number of carbonyl (C=O) groups excluding carboxylic acids is 1. The zero-order valence-corrected chi connectivity index (χ0v) is 10.3. The van der Waals surface area contributed by atoms with E-state index < -0.39 is 0 Å². The molecule has 0 aromatic heterocycles. The van der Waals surface area contributed by atoms with Crippen LogP contribution in [0, 0.1) is 13.8 Å². The van der Waals surface area contributed by atoms with Crippen LogP contribution in [0.2, 0.25) is 0 Å². The van der Waals surface area contributed by atoms with Gasteiger partial charge in [-0.1, -0.05) is 6.07 Å². The number of benzene rings is 1. The molecule has 17 heavy (non-hydrogen) atoms. The molecule has 1 heterocycles. The molecule has 1 aromatic carbocycles. The van der Waals surface area contributed by atoms with E-state index in [1.165, 1.54) is 0 Å². The minimum atomic E-state index is -0.270. The summed E-state index contributed by atoms with van der Waals surface area (Å²) in [6, 6.07) is 6.08. The van der Waals surface area contributed by atoms with Crippen molar-refractivity contribution in [2.75, 3.05) is 18.0 Å². The van der Waals surface area contributed by atoms with Gasteiger partial charge in [0.25, 0.3) is 0 Å². The van der Waals surface area contributed by atoms with Crippen molar-refractivity contribution >= 4 is 11.8 Å². The molecule has 0 saturated carbocycles. The number of amides is 1. The number of hydrogen-bond acceptors (Lipinski definition) is 3. The van der Waals surface area contributed by atoms with Gasteiger partial charge >= 0.3 is 6.09 Å². The van der Waals surface area contributed by atoms with E-state index in [1.54, 1.807) is 4.90 Å². The second kappa shape index (κ2) is 4.75. The lowest BCUT2D eigenvalue weighted by Crippen LogP contribution is -2.25. The summed E-state index contributed by atoms with van der Waals surface area (Å²) in [5.74, 6) is 0. The standard InChI is InChI=1S/C13H18N2O2/c1-9-5-10(2)7-11(6-9)15-8-12(3-4-14)17-13(15)16/h5-7,12H,3-4,8,14H2,1-2H3. The normalized spacial score (nSPS) is 19.6. The molecule has 4 heteroatoms. The molecule has 0 aliphatic carbocycles. The van der Waals surface area contributed by atoms with E-state index in [2.05, 4.69) is 6.07 Å². The zero-order valence-electron chi connectivity index (χ0n) is 10.3. The molecule has 1 aliphatic heterocycles. The van der Waals surface area contributed by atoms with Crippen LogP contribution >= 0.6 is 0 Å². The van der Waals surface area contributed by atoms with E-state index in [1.807, 2.05) is 26.0 Å². The highest BCUT2D eigenvalue weighted by Gasteiger charge is 2.31. The average molecular weight is 234 g/mol. The van der Waals surface area contributed by atoms with Crippen LogP contribution in [0.15, 0.2) is 18.2 Å². The highest BCUT2D eigenvalue weighted by atomic mass is 16.6. The van der Waals surface area contributed by atoms with Crippen molar-refractivity contribution in [3.8, 4) is 0 Å². The Kier molecular flexibility index (Phi) is 3.33. The van der Waals surface area contributed by atoms with Crippen LogP contribution in [-0.4, -0.2) is 25.3 Å². The first-order valence-electron chi connectivity index (χ1n) is 5.86. The molecule has 1 unspecified atom stereocenters. The molecule has 0 spiro atoms.